The van der Waals surface area contributed by atoms with E-state index in [0.29, 0.717) is 24.1 Å². The van der Waals surface area contributed by atoms with E-state index in [1.54, 1.807) is 19.2 Å². The summed E-state index contributed by atoms with van der Waals surface area (Å²) in [5, 5.41) is 3.87. The molecule has 2 rings (SSSR count). The van der Waals surface area contributed by atoms with Crippen LogP contribution in [0.15, 0.2) is 35.5 Å². The topological polar surface area (TPSA) is 51.0 Å². The molecule has 0 fully saturated rings. The standard InChI is InChI=1S/C18H23ClF2N4O2.HI/c1-22-18(25(3)11-14-8-13(19)10-24(14)2)23-9-12-5-6-15(26-4)16(7-12)27-17(20)21;/h5-8,10,17H,9,11H2,1-4H3,(H,22,23);1H. The van der Waals surface area contributed by atoms with E-state index >= 15 is 0 Å². The maximum atomic E-state index is 12.6. The van der Waals surface area contributed by atoms with Gasteiger partial charge in [-0.1, -0.05) is 17.7 Å². The SMILES string of the molecule is CN=C(NCc1ccc(OC)c(OC(F)F)c1)N(C)Cc1cc(Cl)cn1C.I. The molecule has 156 valence electrons. The highest BCUT2D eigenvalue weighted by Crippen LogP contribution is 2.29. The second-order valence-electron chi connectivity index (χ2n) is 5.88. The van der Waals surface area contributed by atoms with Gasteiger partial charge in [0.1, 0.15) is 0 Å². The number of rotatable bonds is 7. The first-order valence-electron chi connectivity index (χ1n) is 8.18. The van der Waals surface area contributed by atoms with E-state index in [1.165, 1.54) is 13.2 Å². The minimum Gasteiger partial charge on any atom is -0.493 e. The van der Waals surface area contributed by atoms with Crippen molar-refractivity contribution in [1.29, 1.82) is 0 Å². The first kappa shape index (κ1) is 24.3. The number of nitrogens with zero attached hydrogens (tertiary/aromatic N) is 3. The third-order valence-electron chi connectivity index (χ3n) is 3.94. The number of benzene rings is 1. The normalized spacial score (nSPS) is 11.2. The lowest BCUT2D eigenvalue weighted by molar-refractivity contribution is -0.0512. The molecule has 1 N–H and O–H groups in total. The van der Waals surface area contributed by atoms with E-state index in [2.05, 4.69) is 15.0 Å². The number of aromatic nitrogens is 1. The third-order valence-corrected chi connectivity index (χ3v) is 4.15. The van der Waals surface area contributed by atoms with Gasteiger partial charge in [0.15, 0.2) is 17.5 Å². The van der Waals surface area contributed by atoms with Crippen LogP contribution in [-0.2, 0) is 20.1 Å². The van der Waals surface area contributed by atoms with Crippen molar-refractivity contribution < 1.29 is 18.3 Å². The van der Waals surface area contributed by atoms with Crippen molar-refractivity contribution in [3.8, 4) is 11.5 Å². The smallest absolute Gasteiger partial charge is 0.387 e. The Morgan fingerprint density at radius 3 is 2.57 bits per heavy atom. The zero-order valence-corrected chi connectivity index (χ0v) is 19.2. The van der Waals surface area contributed by atoms with E-state index in [-0.39, 0.29) is 35.5 Å². The van der Waals surface area contributed by atoms with Gasteiger partial charge in [-0.05, 0) is 23.8 Å². The van der Waals surface area contributed by atoms with Gasteiger partial charge in [-0.3, -0.25) is 4.99 Å². The van der Waals surface area contributed by atoms with Gasteiger partial charge < -0.3 is 24.3 Å². The molecule has 0 saturated heterocycles. The van der Waals surface area contributed by atoms with Crippen LogP contribution in [-0.4, -0.2) is 43.2 Å². The second kappa shape index (κ2) is 11.3. The molecule has 0 unspecified atom stereocenters. The van der Waals surface area contributed by atoms with Crippen LogP contribution in [0.2, 0.25) is 5.02 Å². The number of aliphatic imine (C=N–C) groups is 1. The van der Waals surface area contributed by atoms with Crippen LogP contribution in [0.4, 0.5) is 8.78 Å². The Hall–Kier alpha value is -1.75. The molecule has 10 heteroatoms. The summed E-state index contributed by atoms with van der Waals surface area (Å²) >= 11 is 6.02. The second-order valence-corrected chi connectivity index (χ2v) is 6.32. The summed E-state index contributed by atoms with van der Waals surface area (Å²) in [6.45, 7) is -1.93. The van der Waals surface area contributed by atoms with Gasteiger partial charge in [0.25, 0.3) is 0 Å². The van der Waals surface area contributed by atoms with Crippen LogP contribution < -0.4 is 14.8 Å². The zero-order valence-electron chi connectivity index (χ0n) is 16.1. The summed E-state index contributed by atoms with van der Waals surface area (Å²) in [5.41, 5.74) is 1.78. The maximum Gasteiger partial charge on any atom is 0.387 e. The fourth-order valence-corrected chi connectivity index (χ4v) is 2.90. The molecule has 1 aromatic heterocycles. The molecule has 0 radical (unpaired) electrons. The molecule has 0 aliphatic heterocycles. The number of guanidine groups is 1. The molecule has 28 heavy (non-hydrogen) atoms. The summed E-state index contributed by atoms with van der Waals surface area (Å²) in [6.07, 6.45) is 1.84. The minimum atomic E-state index is -2.92. The van der Waals surface area contributed by atoms with Crippen molar-refractivity contribution >= 4 is 41.5 Å². The Kier molecular flexibility index (Phi) is 9.80. The van der Waals surface area contributed by atoms with Crippen LogP contribution in [0.5, 0.6) is 11.5 Å². The van der Waals surface area contributed by atoms with E-state index in [9.17, 15) is 8.78 Å². The lowest BCUT2D eigenvalue weighted by atomic mass is 10.2. The molecule has 0 saturated carbocycles. The summed E-state index contributed by atoms with van der Waals surface area (Å²) in [5.74, 6) is 0.897. The highest BCUT2D eigenvalue weighted by Gasteiger charge is 2.13. The molecule has 6 nitrogen and oxygen atoms in total. The highest BCUT2D eigenvalue weighted by atomic mass is 127. The molecule has 2 aromatic rings. The van der Waals surface area contributed by atoms with Crippen LogP contribution in [0.3, 0.4) is 0 Å². The average molecular weight is 529 g/mol. The lowest BCUT2D eigenvalue weighted by Gasteiger charge is -2.22. The van der Waals surface area contributed by atoms with Gasteiger partial charge >= 0.3 is 6.61 Å². The van der Waals surface area contributed by atoms with Crippen LogP contribution in [0, 0.1) is 0 Å². The van der Waals surface area contributed by atoms with Crippen molar-refractivity contribution in [1.82, 2.24) is 14.8 Å². The van der Waals surface area contributed by atoms with Gasteiger partial charge in [0.2, 0.25) is 0 Å². The Morgan fingerprint density at radius 1 is 1.32 bits per heavy atom. The number of aryl methyl sites for hydroxylation is 1. The van der Waals surface area contributed by atoms with Crippen LogP contribution >= 0.6 is 35.6 Å². The number of methoxy groups -OCH3 is 1. The molecule has 0 atom stereocenters. The first-order valence-corrected chi connectivity index (χ1v) is 8.56. The van der Waals surface area contributed by atoms with E-state index < -0.39 is 6.61 Å². The Bertz CT molecular complexity index is 802. The Labute approximate surface area is 185 Å². The molecule has 0 bridgehead atoms. The van der Waals surface area contributed by atoms with Crippen molar-refractivity contribution in [3.63, 3.8) is 0 Å². The molecule has 0 aliphatic carbocycles. The first-order chi connectivity index (χ1) is 12.8. The van der Waals surface area contributed by atoms with Gasteiger partial charge in [-0.2, -0.15) is 8.78 Å². The number of halogens is 4. The monoisotopic (exact) mass is 528 g/mol. The predicted octanol–water partition coefficient (Wildman–Crippen LogP) is 4.11. The molecule has 0 spiro atoms. The Morgan fingerprint density at radius 2 is 2.04 bits per heavy atom. The predicted molar refractivity (Wildman–Crippen MR) is 117 cm³/mol. The summed E-state index contributed by atoms with van der Waals surface area (Å²) in [4.78, 5) is 6.19. The minimum absolute atomic E-state index is 0. The van der Waals surface area contributed by atoms with Crippen molar-refractivity contribution in [2.75, 3.05) is 21.2 Å². The molecule has 1 heterocycles. The molecular formula is C18H24ClF2IN4O2. The third kappa shape index (κ3) is 6.69. The maximum absolute atomic E-state index is 12.6. The van der Waals surface area contributed by atoms with E-state index in [1.807, 2.05) is 35.8 Å². The quantitative estimate of drug-likeness (QED) is 0.334. The molecule has 0 amide bonds. The number of hydrogen-bond acceptors (Lipinski definition) is 3. The van der Waals surface area contributed by atoms with Gasteiger partial charge in [0, 0.05) is 39.6 Å². The zero-order chi connectivity index (χ0) is 20.0. The number of nitrogens with one attached hydrogen (secondary N) is 1. The molecule has 0 aliphatic rings. The fourth-order valence-electron chi connectivity index (χ4n) is 2.63. The summed E-state index contributed by atoms with van der Waals surface area (Å²) in [7, 11) is 6.90. The number of ether oxygens (including phenoxy) is 2. The van der Waals surface area contributed by atoms with Crippen LogP contribution in [0.25, 0.3) is 0 Å². The molecular weight excluding hydrogens is 505 g/mol. The Balaban J connectivity index is 0.00000392. The van der Waals surface area contributed by atoms with Gasteiger partial charge in [-0.15, -0.1) is 24.0 Å². The fraction of sp³-hybridized carbons (Fsp3) is 0.389. The van der Waals surface area contributed by atoms with E-state index in [4.69, 9.17) is 16.3 Å². The average Bonchev–Trinajstić information content (AvgIpc) is 2.92. The summed E-state index contributed by atoms with van der Waals surface area (Å²) < 4.78 is 36.6. The van der Waals surface area contributed by atoms with Crippen molar-refractivity contribution in [3.05, 3.63) is 46.7 Å². The van der Waals surface area contributed by atoms with Crippen LogP contribution in [0.1, 0.15) is 11.3 Å². The number of alkyl halides is 2. The van der Waals surface area contributed by atoms with Gasteiger partial charge in [0.05, 0.1) is 18.7 Å². The van der Waals surface area contributed by atoms with Crippen molar-refractivity contribution in [2.24, 2.45) is 12.0 Å². The molecule has 1 aromatic carbocycles. The lowest BCUT2D eigenvalue weighted by Crippen LogP contribution is -2.38. The van der Waals surface area contributed by atoms with Crippen molar-refractivity contribution in [2.45, 2.75) is 19.7 Å². The highest BCUT2D eigenvalue weighted by molar-refractivity contribution is 14.0. The van der Waals surface area contributed by atoms with E-state index in [0.717, 1.165) is 11.3 Å². The summed E-state index contributed by atoms with van der Waals surface area (Å²) in [6, 6.07) is 6.77. The largest absolute Gasteiger partial charge is 0.493 e. The number of hydrogen-bond donors (Lipinski definition) is 1. The van der Waals surface area contributed by atoms with Gasteiger partial charge in [-0.25, -0.2) is 0 Å².